The van der Waals surface area contributed by atoms with Gasteiger partial charge in [0.15, 0.2) is 0 Å². The molecule has 0 radical (unpaired) electrons. The van der Waals surface area contributed by atoms with E-state index >= 15 is 0 Å². The summed E-state index contributed by atoms with van der Waals surface area (Å²) in [7, 11) is 0. The molecule has 0 unspecified atom stereocenters. The number of carbonyl (C=O) groups is 2. The Bertz CT molecular complexity index is 511. The van der Waals surface area contributed by atoms with Crippen molar-refractivity contribution in [2.24, 2.45) is 0 Å². The lowest BCUT2D eigenvalue weighted by Gasteiger charge is -2.10. The summed E-state index contributed by atoms with van der Waals surface area (Å²) in [5.41, 5.74) is 0.586. The van der Waals surface area contributed by atoms with Crippen LogP contribution in [0.3, 0.4) is 0 Å². The van der Waals surface area contributed by atoms with Crippen molar-refractivity contribution in [2.45, 2.75) is 90.9 Å². The molecule has 0 aromatic heterocycles. The Kier molecular flexibility index (Phi) is 18.2. The topological polar surface area (TPSA) is 52.6 Å². The molecule has 0 aliphatic rings. The Hall–Kier alpha value is -1.07. The van der Waals surface area contributed by atoms with Crippen LogP contribution in [-0.2, 0) is 9.47 Å². The van der Waals surface area contributed by atoms with Crippen LogP contribution in [0.25, 0.3) is 0 Å². The first-order valence-electron chi connectivity index (χ1n) is 11.1. The van der Waals surface area contributed by atoms with Gasteiger partial charge in [0.25, 0.3) is 0 Å². The predicted molar refractivity (Wildman–Crippen MR) is 122 cm³/mol. The van der Waals surface area contributed by atoms with E-state index in [1.165, 1.54) is 51.4 Å². The van der Waals surface area contributed by atoms with Gasteiger partial charge in [0, 0.05) is 0 Å². The molecule has 0 amide bonds. The average molecular weight is 417 g/mol. The predicted octanol–water partition coefficient (Wildman–Crippen LogP) is 5.81. The fraction of sp³-hybridized carbons (Fsp3) is 0.667. The SMILES string of the molecule is CCCCCCCCOC(=O)c1ccccc1C(=O)OCCCCCCCC.[MgH2]. The van der Waals surface area contributed by atoms with Gasteiger partial charge in [-0.2, -0.15) is 0 Å². The van der Waals surface area contributed by atoms with E-state index in [-0.39, 0.29) is 23.1 Å². The summed E-state index contributed by atoms with van der Waals surface area (Å²) in [6.45, 7) is 5.17. The van der Waals surface area contributed by atoms with Crippen LogP contribution >= 0.6 is 0 Å². The fourth-order valence-corrected chi connectivity index (χ4v) is 3.09. The standard InChI is InChI=1S/C24H38O4.Mg.2H/c1-3-5-7-9-11-15-19-27-23(25)21-17-13-14-18-22(21)24(26)28-20-16-12-10-8-6-4-2;;;/h13-14,17-18H,3-12,15-16,19-20H2,1-2H3;;;. The minimum atomic E-state index is -0.444. The average Bonchev–Trinajstić information content (AvgIpc) is 2.72. The Balaban J connectivity index is 0.00000784. The number of hydrogen-bond donors (Lipinski definition) is 0. The quantitative estimate of drug-likeness (QED) is 0.194. The minimum Gasteiger partial charge on any atom is -0.462 e. The van der Waals surface area contributed by atoms with Crippen LogP contribution in [0.2, 0.25) is 0 Å². The largest absolute Gasteiger partial charge is 0.462 e. The lowest BCUT2D eigenvalue weighted by molar-refractivity contribution is 0.0450. The summed E-state index contributed by atoms with van der Waals surface area (Å²) < 4.78 is 10.7. The smallest absolute Gasteiger partial charge is 0.339 e. The minimum absolute atomic E-state index is 0. The van der Waals surface area contributed by atoms with E-state index in [1.54, 1.807) is 24.3 Å². The van der Waals surface area contributed by atoms with E-state index in [9.17, 15) is 9.59 Å². The molecule has 0 saturated carbocycles. The number of carbonyl (C=O) groups excluding carboxylic acids is 2. The second-order valence-corrected chi connectivity index (χ2v) is 7.35. The van der Waals surface area contributed by atoms with Crippen molar-refractivity contribution in [2.75, 3.05) is 13.2 Å². The molecule has 4 nitrogen and oxygen atoms in total. The molecule has 5 heteroatoms. The van der Waals surface area contributed by atoms with Crippen molar-refractivity contribution in [1.82, 2.24) is 0 Å². The van der Waals surface area contributed by atoms with E-state index in [4.69, 9.17) is 9.47 Å². The van der Waals surface area contributed by atoms with Crippen LogP contribution in [0.4, 0.5) is 0 Å². The van der Waals surface area contributed by atoms with Gasteiger partial charge in [-0.05, 0) is 25.0 Å². The van der Waals surface area contributed by atoms with Crippen molar-refractivity contribution >= 4 is 35.0 Å². The third-order valence-electron chi connectivity index (χ3n) is 4.83. The van der Waals surface area contributed by atoms with Crippen LogP contribution in [0.5, 0.6) is 0 Å². The Morgan fingerprint density at radius 3 is 1.34 bits per heavy atom. The zero-order chi connectivity index (χ0) is 20.5. The third kappa shape index (κ3) is 13.0. The van der Waals surface area contributed by atoms with Gasteiger partial charge >= 0.3 is 35.0 Å². The lowest BCUT2D eigenvalue weighted by atomic mass is 10.1. The summed E-state index contributed by atoms with van der Waals surface area (Å²) in [6.07, 6.45) is 13.6. The maximum Gasteiger partial charge on any atom is 0.339 e. The van der Waals surface area contributed by atoms with Gasteiger partial charge < -0.3 is 9.47 Å². The first-order valence-corrected chi connectivity index (χ1v) is 11.1. The van der Waals surface area contributed by atoms with Crippen LogP contribution in [0, 0.1) is 0 Å². The zero-order valence-corrected chi connectivity index (χ0v) is 17.8. The van der Waals surface area contributed by atoms with Gasteiger partial charge in [0.05, 0.1) is 24.3 Å². The molecule has 1 aromatic carbocycles. The number of benzene rings is 1. The van der Waals surface area contributed by atoms with Crippen LogP contribution in [0.15, 0.2) is 24.3 Å². The van der Waals surface area contributed by atoms with Crippen LogP contribution in [0.1, 0.15) is 112 Å². The number of esters is 2. The second-order valence-electron chi connectivity index (χ2n) is 7.35. The molecule has 0 fully saturated rings. The number of rotatable bonds is 16. The summed E-state index contributed by atoms with van der Waals surface area (Å²) in [5.74, 6) is -0.888. The number of ether oxygens (including phenoxy) is 2. The first kappa shape index (κ1) is 27.9. The molecule has 1 aromatic rings. The van der Waals surface area contributed by atoms with E-state index < -0.39 is 11.9 Å². The summed E-state index contributed by atoms with van der Waals surface area (Å²) >= 11 is 0. The first-order chi connectivity index (χ1) is 13.7. The van der Waals surface area contributed by atoms with Crippen LogP contribution in [-0.4, -0.2) is 48.2 Å². The molecule has 0 atom stereocenters. The molecule has 0 bridgehead atoms. The molecule has 1 rings (SSSR count). The van der Waals surface area contributed by atoms with E-state index in [2.05, 4.69) is 13.8 Å². The van der Waals surface area contributed by atoms with Gasteiger partial charge in [0.2, 0.25) is 0 Å². The maximum absolute atomic E-state index is 12.4. The molecular weight excluding hydrogens is 377 g/mol. The highest BCUT2D eigenvalue weighted by Crippen LogP contribution is 2.14. The van der Waals surface area contributed by atoms with Gasteiger partial charge in [0.1, 0.15) is 0 Å². The van der Waals surface area contributed by atoms with Crippen LogP contribution < -0.4 is 0 Å². The summed E-state index contributed by atoms with van der Waals surface area (Å²) in [6, 6.07) is 6.74. The Morgan fingerprint density at radius 2 is 0.966 bits per heavy atom. The van der Waals surface area contributed by atoms with Crippen molar-refractivity contribution in [3.05, 3.63) is 35.4 Å². The summed E-state index contributed by atoms with van der Waals surface area (Å²) in [5, 5.41) is 0. The molecule has 162 valence electrons. The Labute approximate surface area is 193 Å². The fourth-order valence-electron chi connectivity index (χ4n) is 3.09. The van der Waals surface area contributed by atoms with Crippen molar-refractivity contribution in [3.8, 4) is 0 Å². The molecule has 0 aliphatic heterocycles. The van der Waals surface area contributed by atoms with Crippen molar-refractivity contribution < 1.29 is 19.1 Å². The van der Waals surface area contributed by atoms with Crippen molar-refractivity contribution in [1.29, 1.82) is 0 Å². The molecule has 0 heterocycles. The molecule has 0 N–H and O–H groups in total. The van der Waals surface area contributed by atoms with E-state index in [0.717, 1.165) is 25.7 Å². The molecule has 29 heavy (non-hydrogen) atoms. The summed E-state index contributed by atoms with van der Waals surface area (Å²) in [4.78, 5) is 24.7. The molecular formula is C24H40MgO4. The van der Waals surface area contributed by atoms with Gasteiger partial charge in [-0.3, -0.25) is 0 Å². The lowest BCUT2D eigenvalue weighted by Crippen LogP contribution is -2.15. The molecule has 0 spiro atoms. The number of unbranched alkanes of at least 4 members (excludes halogenated alkanes) is 10. The monoisotopic (exact) mass is 416 g/mol. The zero-order valence-electron chi connectivity index (χ0n) is 17.8. The normalized spacial score (nSPS) is 10.3. The van der Waals surface area contributed by atoms with Gasteiger partial charge in [-0.15, -0.1) is 0 Å². The van der Waals surface area contributed by atoms with Gasteiger partial charge in [-0.25, -0.2) is 9.59 Å². The highest BCUT2D eigenvalue weighted by molar-refractivity contribution is 6.03. The second kappa shape index (κ2) is 18.9. The maximum atomic E-state index is 12.4. The van der Waals surface area contributed by atoms with E-state index in [0.29, 0.717) is 24.3 Å². The number of hydrogen-bond acceptors (Lipinski definition) is 4. The highest BCUT2D eigenvalue weighted by atomic mass is 24.3. The molecule has 0 saturated heterocycles. The van der Waals surface area contributed by atoms with Gasteiger partial charge in [-0.1, -0.05) is 90.2 Å². The van der Waals surface area contributed by atoms with Crippen molar-refractivity contribution in [3.63, 3.8) is 0 Å². The third-order valence-corrected chi connectivity index (χ3v) is 4.83. The Morgan fingerprint density at radius 1 is 0.621 bits per heavy atom. The highest BCUT2D eigenvalue weighted by Gasteiger charge is 2.18. The van der Waals surface area contributed by atoms with E-state index in [1.807, 2.05) is 0 Å². The molecule has 0 aliphatic carbocycles.